The smallest absolute Gasteiger partial charge is 0.160 e. The summed E-state index contributed by atoms with van der Waals surface area (Å²) in [5.41, 5.74) is 3.24. The number of hydrogen-bond acceptors (Lipinski definition) is 3. The molecule has 5 heteroatoms. The van der Waals surface area contributed by atoms with Crippen LogP contribution in [0.15, 0.2) is 12.3 Å². The van der Waals surface area contributed by atoms with Gasteiger partial charge >= 0.3 is 0 Å². The lowest BCUT2D eigenvalue weighted by Crippen LogP contribution is -2.22. The predicted molar refractivity (Wildman–Crippen MR) is 86.9 cm³/mol. The van der Waals surface area contributed by atoms with Gasteiger partial charge in [-0.2, -0.15) is 0 Å². The first-order chi connectivity index (χ1) is 10.2. The topological polar surface area (TPSA) is 34.0 Å². The SMILES string of the molecule is CCN1CCC(Cn2c(CCCl)nc3c(C)ccnc32)C1. The van der Waals surface area contributed by atoms with Crippen molar-refractivity contribution in [2.75, 3.05) is 25.5 Å². The maximum absolute atomic E-state index is 5.96. The molecule has 0 amide bonds. The van der Waals surface area contributed by atoms with E-state index >= 15 is 0 Å². The Morgan fingerprint density at radius 2 is 2.29 bits per heavy atom. The number of alkyl halides is 1. The fourth-order valence-corrected chi connectivity index (χ4v) is 3.43. The second-order valence-electron chi connectivity index (χ2n) is 5.93. The maximum atomic E-state index is 5.96. The van der Waals surface area contributed by atoms with Crippen molar-refractivity contribution in [3.63, 3.8) is 0 Å². The molecular weight excluding hydrogens is 284 g/mol. The maximum Gasteiger partial charge on any atom is 0.160 e. The molecule has 1 aliphatic rings. The van der Waals surface area contributed by atoms with Gasteiger partial charge in [-0.05, 0) is 44.0 Å². The van der Waals surface area contributed by atoms with Crippen LogP contribution in [-0.4, -0.2) is 44.9 Å². The van der Waals surface area contributed by atoms with Crippen LogP contribution in [0.4, 0.5) is 0 Å². The zero-order chi connectivity index (χ0) is 14.8. The highest BCUT2D eigenvalue weighted by Gasteiger charge is 2.23. The van der Waals surface area contributed by atoms with Crippen LogP contribution < -0.4 is 0 Å². The van der Waals surface area contributed by atoms with Crippen LogP contribution in [0.1, 0.15) is 24.7 Å². The van der Waals surface area contributed by atoms with Gasteiger partial charge < -0.3 is 9.47 Å². The van der Waals surface area contributed by atoms with Crippen molar-refractivity contribution >= 4 is 22.8 Å². The normalized spacial score (nSPS) is 19.7. The molecule has 2 aromatic rings. The zero-order valence-electron chi connectivity index (χ0n) is 12.8. The monoisotopic (exact) mass is 306 g/mol. The van der Waals surface area contributed by atoms with Crippen molar-refractivity contribution in [3.05, 3.63) is 23.7 Å². The van der Waals surface area contributed by atoms with Gasteiger partial charge in [0.25, 0.3) is 0 Å². The summed E-state index contributed by atoms with van der Waals surface area (Å²) in [6.07, 6.45) is 3.95. The van der Waals surface area contributed by atoms with Gasteiger partial charge in [0.1, 0.15) is 11.3 Å². The molecule has 0 radical (unpaired) electrons. The minimum atomic E-state index is 0.605. The number of fused-ring (bicyclic) bond motifs is 1. The number of aryl methyl sites for hydroxylation is 2. The summed E-state index contributed by atoms with van der Waals surface area (Å²) in [5.74, 6) is 2.38. The van der Waals surface area contributed by atoms with Gasteiger partial charge in [0.2, 0.25) is 0 Å². The van der Waals surface area contributed by atoms with Gasteiger partial charge in [0.05, 0.1) is 0 Å². The van der Waals surface area contributed by atoms with E-state index in [1.54, 1.807) is 0 Å². The Balaban J connectivity index is 1.92. The van der Waals surface area contributed by atoms with Gasteiger partial charge in [0.15, 0.2) is 5.65 Å². The van der Waals surface area contributed by atoms with Crippen molar-refractivity contribution in [1.82, 2.24) is 19.4 Å². The molecule has 0 spiro atoms. The predicted octanol–water partition coefficient (Wildman–Crippen LogP) is 2.86. The molecule has 2 aromatic heterocycles. The lowest BCUT2D eigenvalue weighted by molar-refractivity contribution is 0.332. The van der Waals surface area contributed by atoms with E-state index in [1.165, 1.54) is 25.1 Å². The summed E-state index contributed by atoms with van der Waals surface area (Å²) < 4.78 is 2.30. The van der Waals surface area contributed by atoms with Gasteiger partial charge in [-0.25, -0.2) is 9.97 Å². The van der Waals surface area contributed by atoms with E-state index in [0.29, 0.717) is 11.8 Å². The molecule has 3 rings (SSSR count). The number of likely N-dealkylation sites (tertiary alicyclic amines) is 1. The molecule has 21 heavy (non-hydrogen) atoms. The first-order valence-corrected chi connectivity index (χ1v) is 8.35. The summed E-state index contributed by atoms with van der Waals surface area (Å²) in [6.45, 7) is 8.88. The first-order valence-electron chi connectivity index (χ1n) is 7.82. The Morgan fingerprint density at radius 1 is 1.43 bits per heavy atom. The molecule has 0 saturated carbocycles. The lowest BCUT2D eigenvalue weighted by Gasteiger charge is -2.15. The molecule has 0 aliphatic carbocycles. The summed E-state index contributed by atoms with van der Waals surface area (Å²) >= 11 is 5.96. The van der Waals surface area contributed by atoms with Gasteiger partial charge in [0, 0.05) is 31.6 Å². The van der Waals surface area contributed by atoms with Crippen molar-refractivity contribution < 1.29 is 0 Å². The largest absolute Gasteiger partial charge is 0.312 e. The molecule has 1 saturated heterocycles. The molecule has 1 unspecified atom stereocenters. The number of nitrogens with zero attached hydrogens (tertiary/aromatic N) is 4. The van der Waals surface area contributed by atoms with E-state index in [2.05, 4.69) is 28.3 Å². The van der Waals surface area contributed by atoms with Gasteiger partial charge in [-0.3, -0.25) is 0 Å². The summed E-state index contributed by atoms with van der Waals surface area (Å²) in [7, 11) is 0. The van der Waals surface area contributed by atoms with E-state index in [1.807, 2.05) is 12.3 Å². The number of halogens is 1. The van der Waals surface area contributed by atoms with Crippen LogP contribution in [0.5, 0.6) is 0 Å². The van der Waals surface area contributed by atoms with Crippen LogP contribution in [-0.2, 0) is 13.0 Å². The van der Waals surface area contributed by atoms with Crippen molar-refractivity contribution in [3.8, 4) is 0 Å². The fourth-order valence-electron chi connectivity index (χ4n) is 3.26. The molecule has 0 aromatic carbocycles. The highest BCUT2D eigenvalue weighted by Crippen LogP contribution is 2.23. The van der Waals surface area contributed by atoms with Crippen LogP contribution in [0, 0.1) is 12.8 Å². The van der Waals surface area contributed by atoms with Gasteiger partial charge in [-0.1, -0.05) is 6.92 Å². The molecule has 0 bridgehead atoms. The highest BCUT2D eigenvalue weighted by atomic mass is 35.5. The number of aromatic nitrogens is 3. The zero-order valence-corrected chi connectivity index (χ0v) is 13.6. The quantitative estimate of drug-likeness (QED) is 0.797. The van der Waals surface area contributed by atoms with E-state index < -0.39 is 0 Å². The van der Waals surface area contributed by atoms with Crippen LogP contribution >= 0.6 is 11.6 Å². The third-order valence-electron chi connectivity index (χ3n) is 4.49. The Bertz CT molecular complexity index is 622. The van der Waals surface area contributed by atoms with E-state index in [4.69, 9.17) is 16.6 Å². The van der Waals surface area contributed by atoms with E-state index in [-0.39, 0.29) is 0 Å². The molecule has 3 heterocycles. The third kappa shape index (κ3) is 2.92. The summed E-state index contributed by atoms with van der Waals surface area (Å²) in [5, 5.41) is 0. The molecule has 4 nitrogen and oxygen atoms in total. The third-order valence-corrected chi connectivity index (χ3v) is 4.68. The molecule has 114 valence electrons. The molecule has 1 fully saturated rings. The summed E-state index contributed by atoms with van der Waals surface area (Å²) in [6, 6.07) is 2.03. The lowest BCUT2D eigenvalue weighted by atomic mass is 10.1. The molecule has 1 aliphatic heterocycles. The Kier molecular flexibility index (Phi) is 4.45. The van der Waals surface area contributed by atoms with Crippen molar-refractivity contribution in [1.29, 1.82) is 0 Å². The van der Waals surface area contributed by atoms with Crippen LogP contribution in [0.3, 0.4) is 0 Å². The standard InChI is InChI=1S/C16H23ClN4/c1-3-20-9-6-13(10-20)11-21-14(4-7-17)19-15-12(2)5-8-18-16(15)21/h5,8,13H,3-4,6-7,9-11H2,1-2H3. The molecule has 1 atom stereocenters. The van der Waals surface area contributed by atoms with E-state index in [9.17, 15) is 0 Å². The number of hydrogen-bond donors (Lipinski definition) is 0. The highest BCUT2D eigenvalue weighted by molar-refractivity contribution is 6.17. The minimum Gasteiger partial charge on any atom is -0.312 e. The number of rotatable bonds is 5. The van der Waals surface area contributed by atoms with Crippen molar-refractivity contribution in [2.45, 2.75) is 33.2 Å². The second kappa shape index (κ2) is 6.32. The number of imidazole rings is 1. The minimum absolute atomic E-state index is 0.605. The average Bonchev–Trinajstić information content (AvgIpc) is 3.07. The van der Waals surface area contributed by atoms with Crippen molar-refractivity contribution in [2.24, 2.45) is 5.92 Å². The van der Waals surface area contributed by atoms with Crippen LogP contribution in [0.25, 0.3) is 11.2 Å². The van der Waals surface area contributed by atoms with Gasteiger partial charge in [-0.15, -0.1) is 11.6 Å². The summed E-state index contributed by atoms with van der Waals surface area (Å²) in [4.78, 5) is 11.9. The second-order valence-corrected chi connectivity index (χ2v) is 6.30. The fraction of sp³-hybridized carbons (Fsp3) is 0.625. The Hall–Kier alpha value is -1.13. The Labute approximate surface area is 131 Å². The first kappa shape index (κ1) is 14.8. The molecule has 0 N–H and O–H groups in total. The van der Waals surface area contributed by atoms with E-state index in [0.717, 1.165) is 36.5 Å². The Morgan fingerprint density at radius 3 is 3.00 bits per heavy atom. The van der Waals surface area contributed by atoms with Crippen LogP contribution in [0.2, 0.25) is 0 Å². The average molecular weight is 307 g/mol. The molecular formula is C16H23ClN4. The number of pyridine rings is 1.